The van der Waals surface area contributed by atoms with Crippen molar-refractivity contribution >= 4 is 63.7 Å². The average molecular weight is 506 g/mol. The molecule has 0 bridgehead atoms. The molecule has 0 radical (unpaired) electrons. The lowest BCUT2D eigenvalue weighted by Crippen LogP contribution is -2.27. The molecule has 0 amide bonds. The molecule has 100 valence electrons. The molecule has 1 fully saturated rings. The number of hydrogen-bond acceptors (Lipinski definition) is 1. The second kappa shape index (κ2) is 6.59. The first-order valence-corrected chi connectivity index (χ1v) is 9.40. The van der Waals surface area contributed by atoms with Crippen LogP contribution in [0.2, 0.25) is 0 Å². The normalized spacial score (nSPS) is 18.0. The molecule has 0 N–H and O–H groups in total. The first-order chi connectivity index (χ1) is 8.56. The molecule has 2 rings (SSSR count). The topological polar surface area (TPSA) is 9.23 Å². The highest BCUT2D eigenvalue weighted by atomic mass is 79.9. The third kappa shape index (κ3) is 3.53. The van der Waals surface area contributed by atoms with Gasteiger partial charge in [-0.25, -0.2) is 0 Å². The van der Waals surface area contributed by atoms with Crippen LogP contribution in [0, 0.1) is 5.41 Å². The predicted molar refractivity (Wildman–Crippen MR) is 89.7 cm³/mol. The van der Waals surface area contributed by atoms with Crippen LogP contribution < -0.4 is 4.74 Å². The average Bonchev–Trinajstić information content (AvgIpc) is 2.77. The summed E-state index contributed by atoms with van der Waals surface area (Å²) in [5, 5.41) is 1.02. The SMILES string of the molecule is BrCC1(COc2c(Br)cc(Br)cc2Br)CCCC1. The van der Waals surface area contributed by atoms with Gasteiger partial charge >= 0.3 is 0 Å². The third-order valence-electron chi connectivity index (χ3n) is 3.43. The van der Waals surface area contributed by atoms with Gasteiger partial charge in [-0.1, -0.05) is 44.7 Å². The van der Waals surface area contributed by atoms with Gasteiger partial charge in [0.25, 0.3) is 0 Å². The minimum absolute atomic E-state index is 0.311. The smallest absolute Gasteiger partial charge is 0.147 e. The lowest BCUT2D eigenvalue weighted by molar-refractivity contribution is 0.172. The van der Waals surface area contributed by atoms with Gasteiger partial charge in [0, 0.05) is 15.2 Å². The maximum Gasteiger partial charge on any atom is 0.147 e. The van der Waals surface area contributed by atoms with Crippen molar-refractivity contribution in [2.45, 2.75) is 25.7 Å². The van der Waals surface area contributed by atoms with Crippen LogP contribution in [-0.4, -0.2) is 11.9 Å². The third-order valence-corrected chi connectivity index (χ3v) is 6.26. The van der Waals surface area contributed by atoms with E-state index in [0.717, 1.165) is 31.1 Å². The van der Waals surface area contributed by atoms with Crippen LogP contribution in [0.1, 0.15) is 25.7 Å². The first-order valence-electron chi connectivity index (χ1n) is 5.90. The molecule has 0 heterocycles. The fourth-order valence-corrected chi connectivity index (χ4v) is 5.54. The molecule has 18 heavy (non-hydrogen) atoms. The van der Waals surface area contributed by atoms with Crippen LogP contribution in [0.5, 0.6) is 5.75 Å². The lowest BCUT2D eigenvalue weighted by Gasteiger charge is -2.27. The van der Waals surface area contributed by atoms with Gasteiger partial charge in [-0.05, 0) is 56.8 Å². The van der Waals surface area contributed by atoms with E-state index in [0.29, 0.717) is 5.41 Å². The zero-order valence-corrected chi connectivity index (χ0v) is 16.2. The zero-order chi connectivity index (χ0) is 13.2. The van der Waals surface area contributed by atoms with E-state index in [1.165, 1.54) is 25.7 Å². The molecular formula is C13H14Br4O. The Hall–Kier alpha value is 0.940. The highest BCUT2D eigenvalue weighted by Crippen LogP contribution is 2.42. The molecule has 1 aliphatic rings. The summed E-state index contributed by atoms with van der Waals surface area (Å²) in [4.78, 5) is 0. The lowest BCUT2D eigenvalue weighted by atomic mass is 9.90. The number of halogens is 4. The molecule has 1 aromatic carbocycles. The Bertz CT molecular complexity index is 404. The van der Waals surface area contributed by atoms with E-state index >= 15 is 0 Å². The quantitative estimate of drug-likeness (QED) is 0.436. The summed E-state index contributed by atoms with van der Waals surface area (Å²) >= 11 is 14.2. The van der Waals surface area contributed by atoms with Gasteiger partial charge < -0.3 is 4.74 Å². The molecule has 0 unspecified atom stereocenters. The second-order valence-electron chi connectivity index (χ2n) is 4.83. The largest absolute Gasteiger partial charge is 0.491 e. The van der Waals surface area contributed by atoms with E-state index in [1.54, 1.807) is 0 Å². The van der Waals surface area contributed by atoms with Crippen molar-refractivity contribution in [3.63, 3.8) is 0 Å². The number of benzene rings is 1. The van der Waals surface area contributed by atoms with Crippen molar-refractivity contribution in [1.82, 2.24) is 0 Å². The van der Waals surface area contributed by atoms with Gasteiger partial charge in [0.1, 0.15) is 5.75 Å². The molecule has 0 atom stereocenters. The van der Waals surface area contributed by atoms with Crippen LogP contribution in [0.15, 0.2) is 25.6 Å². The number of rotatable bonds is 4. The van der Waals surface area contributed by atoms with E-state index in [9.17, 15) is 0 Å². The van der Waals surface area contributed by atoms with E-state index in [4.69, 9.17) is 4.74 Å². The molecule has 5 heteroatoms. The molecule has 1 aromatic rings. The molecule has 0 aliphatic heterocycles. The van der Waals surface area contributed by atoms with Gasteiger partial charge in [-0.3, -0.25) is 0 Å². The summed E-state index contributed by atoms with van der Waals surface area (Å²) in [5.74, 6) is 0.894. The van der Waals surface area contributed by atoms with Crippen molar-refractivity contribution in [2.75, 3.05) is 11.9 Å². The summed E-state index contributed by atoms with van der Waals surface area (Å²) in [6.07, 6.45) is 5.14. The Kier molecular flexibility index (Phi) is 5.62. The number of ether oxygens (including phenoxy) is 1. The van der Waals surface area contributed by atoms with E-state index < -0.39 is 0 Å². The maximum absolute atomic E-state index is 6.06. The van der Waals surface area contributed by atoms with Crippen molar-refractivity contribution in [3.05, 3.63) is 25.6 Å². The second-order valence-corrected chi connectivity index (χ2v) is 8.01. The minimum Gasteiger partial charge on any atom is -0.491 e. The van der Waals surface area contributed by atoms with Crippen LogP contribution in [-0.2, 0) is 0 Å². The summed E-state index contributed by atoms with van der Waals surface area (Å²) in [7, 11) is 0. The monoisotopic (exact) mass is 502 g/mol. The zero-order valence-electron chi connectivity index (χ0n) is 9.82. The Morgan fingerprint density at radius 3 is 2.11 bits per heavy atom. The van der Waals surface area contributed by atoms with Gasteiger partial charge in [0.2, 0.25) is 0 Å². The van der Waals surface area contributed by atoms with Crippen LogP contribution >= 0.6 is 63.7 Å². The van der Waals surface area contributed by atoms with Crippen LogP contribution in [0.3, 0.4) is 0 Å². The molecule has 0 aromatic heterocycles. The Balaban J connectivity index is 2.10. The summed E-state index contributed by atoms with van der Waals surface area (Å²) in [6, 6.07) is 4.02. The standard InChI is InChI=1S/C13H14Br4O/c14-7-13(3-1-2-4-13)8-18-12-10(16)5-9(15)6-11(12)17/h5-6H,1-4,7-8H2. The van der Waals surface area contributed by atoms with Crippen molar-refractivity contribution < 1.29 is 4.74 Å². The number of alkyl halides is 1. The van der Waals surface area contributed by atoms with Gasteiger partial charge in [-0.15, -0.1) is 0 Å². The van der Waals surface area contributed by atoms with Gasteiger partial charge in [0.05, 0.1) is 15.6 Å². The van der Waals surface area contributed by atoms with Crippen molar-refractivity contribution in [3.8, 4) is 5.75 Å². The molecule has 0 saturated heterocycles. The first kappa shape index (κ1) is 15.3. The number of hydrogen-bond donors (Lipinski definition) is 0. The summed E-state index contributed by atoms with van der Waals surface area (Å²) in [6.45, 7) is 0.775. The molecule has 1 nitrogen and oxygen atoms in total. The fraction of sp³-hybridized carbons (Fsp3) is 0.538. The summed E-state index contributed by atoms with van der Waals surface area (Å²) in [5.41, 5.74) is 0.311. The minimum atomic E-state index is 0.311. The van der Waals surface area contributed by atoms with E-state index in [2.05, 4.69) is 63.7 Å². The predicted octanol–water partition coefficient (Wildman–Crippen LogP) is 6.31. The maximum atomic E-state index is 6.06. The van der Waals surface area contributed by atoms with Gasteiger partial charge in [0.15, 0.2) is 0 Å². The highest BCUT2D eigenvalue weighted by Gasteiger charge is 2.34. The van der Waals surface area contributed by atoms with Crippen molar-refractivity contribution in [2.24, 2.45) is 5.41 Å². The van der Waals surface area contributed by atoms with Gasteiger partial charge in [-0.2, -0.15) is 0 Å². The molecular weight excluding hydrogens is 492 g/mol. The van der Waals surface area contributed by atoms with E-state index in [1.807, 2.05) is 12.1 Å². The Morgan fingerprint density at radius 1 is 1.06 bits per heavy atom. The molecule has 0 spiro atoms. The fourth-order valence-electron chi connectivity index (χ4n) is 2.33. The van der Waals surface area contributed by atoms with Crippen molar-refractivity contribution in [1.29, 1.82) is 0 Å². The molecule has 1 saturated carbocycles. The van der Waals surface area contributed by atoms with E-state index in [-0.39, 0.29) is 0 Å². The highest BCUT2D eigenvalue weighted by molar-refractivity contribution is 9.11. The summed E-state index contributed by atoms with van der Waals surface area (Å²) < 4.78 is 9.04. The van der Waals surface area contributed by atoms with Crippen LogP contribution in [0.4, 0.5) is 0 Å². The Labute approximate surface area is 142 Å². The molecule has 1 aliphatic carbocycles. The van der Waals surface area contributed by atoms with Crippen LogP contribution in [0.25, 0.3) is 0 Å². The Morgan fingerprint density at radius 2 is 1.61 bits per heavy atom.